The molecule has 0 fully saturated rings. The van der Waals surface area contributed by atoms with Gasteiger partial charge < -0.3 is 9.47 Å². The first kappa shape index (κ1) is 18.0. The van der Waals surface area contributed by atoms with Crippen molar-refractivity contribution in [1.82, 2.24) is 0 Å². The SMILES string of the molecule is CCCCOc1cc2cc(OCCCC)c(C=O)cc2cc1C=O. The van der Waals surface area contributed by atoms with Gasteiger partial charge in [-0.15, -0.1) is 0 Å². The average molecular weight is 328 g/mol. The van der Waals surface area contributed by atoms with Crippen molar-refractivity contribution in [3.05, 3.63) is 35.4 Å². The van der Waals surface area contributed by atoms with Crippen LogP contribution in [0.1, 0.15) is 60.2 Å². The average Bonchev–Trinajstić information content (AvgIpc) is 2.61. The fourth-order valence-corrected chi connectivity index (χ4v) is 2.43. The summed E-state index contributed by atoms with van der Waals surface area (Å²) in [6.45, 7) is 5.33. The van der Waals surface area contributed by atoms with E-state index in [1.807, 2.05) is 12.1 Å². The van der Waals surface area contributed by atoms with Crippen LogP contribution in [-0.2, 0) is 0 Å². The van der Waals surface area contributed by atoms with Crippen molar-refractivity contribution in [2.75, 3.05) is 13.2 Å². The van der Waals surface area contributed by atoms with Gasteiger partial charge in [-0.05, 0) is 47.9 Å². The molecule has 24 heavy (non-hydrogen) atoms. The van der Waals surface area contributed by atoms with E-state index in [0.717, 1.165) is 49.0 Å². The number of ether oxygens (including phenoxy) is 2. The molecule has 0 saturated carbocycles. The highest BCUT2D eigenvalue weighted by molar-refractivity contribution is 5.96. The van der Waals surface area contributed by atoms with Gasteiger partial charge >= 0.3 is 0 Å². The first-order valence-electron chi connectivity index (χ1n) is 8.51. The summed E-state index contributed by atoms with van der Waals surface area (Å²) in [6.07, 6.45) is 5.50. The molecule has 0 unspecified atom stereocenters. The van der Waals surface area contributed by atoms with Gasteiger partial charge in [-0.1, -0.05) is 26.7 Å². The van der Waals surface area contributed by atoms with E-state index in [1.165, 1.54) is 0 Å². The number of unbranched alkanes of at least 4 members (excludes halogenated alkanes) is 2. The highest BCUT2D eigenvalue weighted by Crippen LogP contribution is 2.30. The largest absolute Gasteiger partial charge is 0.493 e. The molecule has 0 aliphatic carbocycles. The molecule has 2 aromatic rings. The molecule has 2 aromatic carbocycles. The molecule has 0 amide bonds. The number of benzene rings is 2. The van der Waals surface area contributed by atoms with Gasteiger partial charge in [0.2, 0.25) is 0 Å². The number of fused-ring (bicyclic) bond motifs is 1. The predicted molar refractivity (Wildman–Crippen MR) is 95.5 cm³/mol. The van der Waals surface area contributed by atoms with E-state index in [9.17, 15) is 9.59 Å². The maximum atomic E-state index is 11.3. The summed E-state index contributed by atoms with van der Waals surface area (Å²) in [5, 5.41) is 1.72. The van der Waals surface area contributed by atoms with Crippen LogP contribution in [0.15, 0.2) is 24.3 Å². The Kier molecular flexibility index (Phi) is 6.79. The van der Waals surface area contributed by atoms with Gasteiger partial charge in [0.05, 0.1) is 24.3 Å². The van der Waals surface area contributed by atoms with Gasteiger partial charge in [-0.25, -0.2) is 0 Å². The molecular weight excluding hydrogens is 304 g/mol. The molecule has 0 radical (unpaired) electrons. The van der Waals surface area contributed by atoms with Crippen molar-refractivity contribution < 1.29 is 19.1 Å². The summed E-state index contributed by atoms with van der Waals surface area (Å²) < 4.78 is 11.5. The lowest BCUT2D eigenvalue weighted by molar-refractivity contribution is 0.111. The van der Waals surface area contributed by atoms with E-state index in [-0.39, 0.29) is 0 Å². The van der Waals surface area contributed by atoms with Crippen LogP contribution in [0.25, 0.3) is 10.8 Å². The zero-order valence-corrected chi connectivity index (χ0v) is 14.3. The second kappa shape index (κ2) is 9.06. The molecule has 0 heterocycles. The molecular formula is C20H24O4. The van der Waals surface area contributed by atoms with E-state index in [4.69, 9.17) is 9.47 Å². The van der Waals surface area contributed by atoms with Crippen molar-refractivity contribution in [2.45, 2.75) is 39.5 Å². The minimum Gasteiger partial charge on any atom is -0.493 e. The Morgan fingerprint density at radius 1 is 0.750 bits per heavy atom. The van der Waals surface area contributed by atoms with Crippen LogP contribution in [0.3, 0.4) is 0 Å². The molecule has 0 aliphatic heterocycles. The monoisotopic (exact) mass is 328 g/mol. The van der Waals surface area contributed by atoms with Crippen LogP contribution < -0.4 is 9.47 Å². The van der Waals surface area contributed by atoms with Crippen LogP contribution in [0.4, 0.5) is 0 Å². The van der Waals surface area contributed by atoms with Crippen molar-refractivity contribution in [3.8, 4) is 11.5 Å². The van der Waals surface area contributed by atoms with Gasteiger partial charge in [0.15, 0.2) is 12.6 Å². The topological polar surface area (TPSA) is 52.6 Å². The van der Waals surface area contributed by atoms with Crippen LogP contribution in [0.5, 0.6) is 11.5 Å². The predicted octanol–water partition coefficient (Wildman–Crippen LogP) is 4.82. The highest BCUT2D eigenvalue weighted by Gasteiger charge is 2.10. The minimum atomic E-state index is 0.495. The Morgan fingerprint density at radius 2 is 1.17 bits per heavy atom. The number of rotatable bonds is 10. The first-order valence-corrected chi connectivity index (χ1v) is 8.51. The summed E-state index contributed by atoms with van der Waals surface area (Å²) in [4.78, 5) is 22.7. The zero-order valence-electron chi connectivity index (χ0n) is 14.3. The highest BCUT2D eigenvalue weighted by atomic mass is 16.5. The number of hydrogen-bond acceptors (Lipinski definition) is 4. The lowest BCUT2D eigenvalue weighted by Crippen LogP contribution is -2.01. The van der Waals surface area contributed by atoms with E-state index in [0.29, 0.717) is 35.8 Å². The smallest absolute Gasteiger partial charge is 0.153 e. The maximum absolute atomic E-state index is 11.3. The second-order valence-electron chi connectivity index (χ2n) is 5.77. The minimum absolute atomic E-state index is 0.495. The second-order valence-corrected chi connectivity index (χ2v) is 5.77. The lowest BCUT2D eigenvalue weighted by atomic mass is 10.0. The molecule has 0 atom stereocenters. The Labute approximate surface area is 142 Å². The molecule has 2 rings (SSSR count). The Morgan fingerprint density at radius 3 is 1.54 bits per heavy atom. The Balaban J connectivity index is 2.39. The molecule has 0 spiro atoms. The number of carbonyl (C=O) groups excluding carboxylic acids is 2. The summed E-state index contributed by atoms with van der Waals surface area (Å²) in [5.74, 6) is 1.15. The molecule has 4 heteroatoms. The van der Waals surface area contributed by atoms with Gasteiger partial charge in [-0.2, -0.15) is 0 Å². The molecule has 128 valence electrons. The molecule has 0 saturated heterocycles. The molecule has 0 bridgehead atoms. The van der Waals surface area contributed by atoms with Gasteiger partial charge in [0.1, 0.15) is 11.5 Å². The summed E-state index contributed by atoms with van der Waals surface area (Å²) >= 11 is 0. The first-order chi connectivity index (χ1) is 11.7. The third kappa shape index (κ3) is 4.34. The van der Waals surface area contributed by atoms with Crippen LogP contribution in [0.2, 0.25) is 0 Å². The molecule has 0 N–H and O–H groups in total. The number of carbonyl (C=O) groups is 2. The molecule has 0 aliphatic rings. The zero-order chi connectivity index (χ0) is 17.4. The Hall–Kier alpha value is -2.36. The van der Waals surface area contributed by atoms with Crippen molar-refractivity contribution >= 4 is 23.3 Å². The van der Waals surface area contributed by atoms with E-state index < -0.39 is 0 Å². The quantitative estimate of drug-likeness (QED) is 0.463. The maximum Gasteiger partial charge on any atom is 0.153 e. The number of hydrogen-bond donors (Lipinski definition) is 0. The Bertz CT molecular complexity index is 650. The van der Waals surface area contributed by atoms with Crippen molar-refractivity contribution in [2.24, 2.45) is 0 Å². The van der Waals surface area contributed by atoms with Crippen LogP contribution in [0, 0.1) is 0 Å². The van der Waals surface area contributed by atoms with Gasteiger partial charge in [0, 0.05) is 0 Å². The van der Waals surface area contributed by atoms with Crippen molar-refractivity contribution in [1.29, 1.82) is 0 Å². The molecule has 4 nitrogen and oxygen atoms in total. The third-order valence-corrected chi connectivity index (χ3v) is 3.86. The number of aldehydes is 2. The fourth-order valence-electron chi connectivity index (χ4n) is 2.43. The van der Waals surface area contributed by atoms with Crippen LogP contribution in [-0.4, -0.2) is 25.8 Å². The molecule has 0 aromatic heterocycles. The van der Waals surface area contributed by atoms with E-state index in [2.05, 4.69) is 13.8 Å². The van der Waals surface area contributed by atoms with Crippen LogP contribution >= 0.6 is 0 Å². The fraction of sp³-hybridized carbons (Fsp3) is 0.400. The standard InChI is InChI=1S/C20H24O4/c1-3-5-7-23-19-11-16-12-20(24-8-6-4-2)18(14-22)10-15(16)9-17(19)13-21/h9-14H,3-8H2,1-2H3. The summed E-state index contributed by atoms with van der Waals surface area (Å²) in [5.41, 5.74) is 0.991. The van der Waals surface area contributed by atoms with E-state index in [1.54, 1.807) is 12.1 Å². The summed E-state index contributed by atoms with van der Waals surface area (Å²) in [6, 6.07) is 7.20. The normalized spacial score (nSPS) is 10.6. The summed E-state index contributed by atoms with van der Waals surface area (Å²) in [7, 11) is 0. The van der Waals surface area contributed by atoms with Crippen molar-refractivity contribution in [3.63, 3.8) is 0 Å². The third-order valence-electron chi connectivity index (χ3n) is 3.86. The lowest BCUT2D eigenvalue weighted by Gasteiger charge is -2.13. The van der Waals surface area contributed by atoms with E-state index >= 15 is 0 Å². The van der Waals surface area contributed by atoms with Gasteiger partial charge in [-0.3, -0.25) is 9.59 Å². The van der Waals surface area contributed by atoms with Gasteiger partial charge in [0.25, 0.3) is 0 Å².